The highest BCUT2D eigenvalue weighted by Gasteiger charge is 2.35. The van der Waals surface area contributed by atoms with Crippen LogP contribution in [0.2, 0.25) is 0 Å². The maximum Gasteiger partial charge on any atom is 0.258 e. The van der Waals surface area contributed by atoms with Gasteiger partial charge >= 0.3 is 0 Å². The number of rotatable bonds is 3. The molecule has 1 heterocycles. The van der Waals surface area contributed by atoms with Crippen LogP contribution in [0.25, 0.3) is 11.1 Å². The lowest BCUT2D eigenvalue weighted by Gasteiger charge is -2.42. The maximum absolute atomic E-state index is 13.2. The molecule has 4 nitrogen and oxygen atoms in total. The van der Waals surface area contributed by atoms with Gasteiger partial charge in [-0.2, -0.15) is 0 Å². The third-order valence-electron chi connectivity index (χ3n) is 4.43. The van der Waals surface area contributed by atoms with E-state index in [4.69, 9.17) is 9.47 Å². The summed E-state index contributed by atoms with van der Waals surface area (Å²) in [5.41, 5.74) is 2.35. The van der Waals surface area contributed by atoms with E-state index < -0.39 is 0 Å². The molecule has 0 N–H and O–H groups in total. The largest absolute Gasteiger partial charge is 0.496 e. The predicted molar refractivity (Wildman–Crippen MR) is 94.4 cm³/mol. The van der Waals surface area contributed by atoms with Crippen LogP contribution in [0.3, 0.4) is 0 Å². The van der Waals surface area contributed by atoms with Crippen LogP contribution in [0.1, 0.15) is 24.2 Å². The number of hydrogen-bond acceptors (Lipinski definition) is 3. The van der Waals surface area contributed by atoms with Gasteiger partial charge < -0.3 is 14.4 Å². The van der Waals surface area contributed by atoms with Crippen molar-refractivity contribution in [3.63, 3.8) is 0 Å². The molecule has 0 spiro atoms. The SMILES string of the molecule is COc1ccc(-c2ccccc2)cc1C(=O)N1CCOCC1(C)C. The minimum Gasteiger partial charge on any atom is -0.496 e. The molecule has 0 unspecified atom stereocenters. The lowest BCUT2D eigenvalue weighted by Crippen LogP contribution is -2.55. The first-order valence-electron chi connectivity index (χ1n) is 8.16. The van der Waals surface area contributed by atoms with Crippen LogP contribution in [0.4, 0.5) is 0 Å². The van der Waals surface area contributed by atoms with Gasteiger partial charge in [-0.05, 0) is 37.1 Å². The van der Waals surface area contributed by atoms with Crippen molar-refractivity contribution in [2.75, 3.05) is 26.9 Å². The summed E-state index contributed by atoms with van der Waals surface area (Å²) in [7, 11) is 1.60. The number of carbonyl (C=O) groups excluding carboxylic acids is 1. The number of ether oxygens (including phenoxy) is 2. The quantitative estimate of drug-likeness (QED) is 0.865. The molecular formula is C20H23NO3. The second-order valence-corrected chi connectivity index (χ2v) is 6.60. The number of hydrogen-bond donors (Lipinski definition) is 0. The van der Waals surface area contributed by atoms with Gasteiger partial charge in [0.1, 0.15) is 5.75 Å². The third kappa shape index (κ3) is 3.15. The Hall–Kier alpha value is -2.33. The van der Waals surface area contributed by atoms with E-state index in [1.165, 1.54) is 0 Å². The van der Waals surface area contributed by atoms with Gasteiger partial charge in [0.05, 0.1) is 31.4 Å². The molecule has 24 heavy (non-hydrogen) atoms. The Morgan fingerprint density at radius 2 is 1.88 bits per heavy atom. The topological polar surface area (TPSA) is 38.8 Å². The van der Waals surface area contributed by atoms with Crippen molar-refractivity contribution in [1.29, 1.82) is 0 Å². The van der Waals surface area contributed by atoms with Gasteiger partial charge in [-0.1, -0.05) is 36.4 Å². The molecule has 0 bridgehead atoms. The van der Waals surface area contributed by atoms with Crippen LogP contribution < -0.4 is 4.74 Å². The molecule has 2 aromatic carbocycles. The minimum absolute atomic E-state index is 0.0158. The lowest BCUT2D eigenvalue weighted by atomic mass is 9.98. The van der Waals surface area contributed by atoms with Crippen LogP contribution in [0.5, 0.6) is 5.75 Å². The zero-order chi connectivity index (χ0) is 17.2. The summed E-state index contributed by atoms with van der Waals surface area (Å²) in [5, 5.41) is 0. The first-order valence-corrected chi connectivity index (χ1v) is 8.16. The molecule has 3 rings (SSSR count). The molecule has 1 aliphatic rings. The fourth-order valence-electron chi connectivity index (χ4n) is 3.07. The Labute approximate surface area is 143 Å². The van der Waals surface area contributed by atoms with E-state index in [2.05, 4.69) is 0 Å². The van der Waals surface area contributed by atoms with Gasteiger partial charge in [-0.3, -0.25) is 4.79 Å². The number of methoxy groups -OCH3 is 1. The van der Waals surface area contributed by atoms with Crippen molar-refractivity contribution < 1.29 is 14.3 Å². The summed E-state index contributed by atoms with van der Waals surface area (Å²) in [5.74, 6) is 0.583. The summed E-state index contributed by atoms with van der Waals surface area (Å²) < 4.78 is 11.0. The standard InChI is InChI=1S/C20H23NO3/c1-20(2)14-24-12-11-21(20)19(22)17-13-16(9-10-18(17)23-3)15-7-5-4-6-8-15/h4-10,13H,11-12,14H2,1-3H3. The highest BCUT2D eigenvalue weighted by molar-refractivity contribution is 5.98. The summed E-state index contributed by atoms with van der Waals surface area (Å²) in [6, 6.07) is 15.8. The van der Waals surface area contributed by atoms with Crippen molar-refractivity contribution in [3.05, 3.63) is 54.1 Å². The molecule has 0 aromatic heterocycles. The van der Waals surface area contributed by atoms with Crippen LogP contribution in [0.15, 0.2) is 48.5 Å². The fraction of sp³-hybridized carbons (Fsp3) is 0.350. The zero-order valence-corrected chi connectivity index (χ0v) is 14.4. The first kappa shape index (κ1) is 16.5. The van der Waals surface area contributed by atoms with Gasteiger partial charge in [0.2, 0.25) is 0 Å². The maximum atomic E-state index is 13.2. The monoisotopic (exact) mass is 325 g/mol. The molecule has 0 saturated carbocycles. The van der Waals surface area contributed by atoms with Gasteiger partial charge in [-0.25, -0.2) is 0 Å². The average molecular weight is 325 g/mol. The van der Waals surface area contributed by atoms with Gasteiger partial charge in [-0.15, -0.1) is 0 Å². The zero-order valence-electron chi connectivity index (χ0n) is 14.4. The van der Waals surface area contributed by atoms with Crippen molar-refractivity contribution in [3.8, 4) is 16.9 Å². The van der Waals surface area contributed by atoms with Gasteiger partial charge in [0.25, 0.3) is 5.91 Å². The Kier molecular flexibility index (Phi) is 4.58. The summed E-state index contributed by atoms with van der Waals surface area (Å²) in [6.45, 7) is 5.75. The molecule has 0 radical (unpaired) electrons. The number of nitrogens with zero attached hydrogens (tertiary/aromatic N) is 1. The molecule has 0 aliphatic carbocycles. The molecule has 126 valence electrons. The van der Waals surface area contributed by atoms with Crippen LogP contribution >= 0.6 is 0 Å². The molecule has 4 heteroatoms. The smallest absolute Gasteiger partial charge is 0.258 e. The van der Waals surface area contributed by atoms with Crippen LogP contribution in [0, 0.1) is 0 Å². The molecule has 1 aliphatic heterocycles. The van der Waals surface area contributed by atoms with E-state index in [1.54, 1.807) is 7.11 Å². The predicted octanol–water partition coefficient (Wildman–Crippen LogP) is 3.61. The molecular weight excluding hydrogens is 302 g/mol. The first-order chi connectivity index (χ1) is 11.5. The molecule has 2 aromatic rings. The Morgan fingerprint density at radius 3 is 2.54 bits per heavy atom. The van der Waals surface area contributed by atoms with Crippen LogP contribution in [-0.2, 0) is 4.74 Å². The Bertz CT molecular complexity index is 725. The van der Waals surface area contributed by atoms with E-state index in [-0.39, 0.29) is 11.4 Å². The van der Waals surface area contributed by atoms with E-state index in [9.17, 15) is 4.79 Å². The van der Waals surface area contributed by atoms with Crippen molar-refractivity contribution >= 4 is 5.91 Å². The fourth-order valence-corrected chi connectivity index (χ4v) is 3.07. The van der Waals surface area contributed by atoms with E-state index >= 15 is 0 Å². The highest BCUT2D eigenvalue weighted by atomic mass is 16.5. The van der Waals surface area contributed by atoms with E-state index in [1.807, 2.05) is 67.3 Å². The Morgan fingerprint density at radius 1 is 1.12 bits per heavy atom. The summed E-state index contributed by atoms with van der Waals surface area (Å²) in [6.07, 6.45) is 0. The number of benzene rings is 2. The number of morpholine rings is 1. The lowest BCUT2D eigenvalue weighted by molar-refractivity contribution is -0.0371. The highest BCUT2D eigenvalue weighted by Crippen LogP contribution is 2.30. The number of amides is 1. The van der Waals surface area contributed by atoms with Crippen LogP contribution in [-0.4, -0.2) is 43.2 Å². The normalized spacial score (nSPS) is 16.7. The molecule has 1 amide bonds. The summed E-state index contributed by atoms with van der Waals surface area (Å²) in [4.78, 5) is 15.0. The van der Waals surface area contributed by atoms with Crippen molar-refractivity contribution in [2.24, 2.45) is 0 Å². The molecule has 1 saturated heterocycles. The average Bonchev–Trinajstić information content (AvgIpc) is 2.61. The molecule has 0 atom stereocenters. The third-order valence-corrected chi connectivity index (χ3v) is 4.43. The summed E-state index contributed by atoms with van der Waals surface area (Å²) >= 11 is 0. The minimum atomic E-state index is -0.330. The molecule has 1 fully saturated rings. The Balaban J connectivity index is 2.01. The van der Waals surface area contributed by atoms with Crippen molar-refractivity contribution in [1.82, 2.24) is 4.90 Å². The van der Waals surface area contributed by atoms with Gasteiger partial charge in [0, 0.05) is 6.54 Å². The second kappa shape index (κ2) is 6.65. The van der Waals surface area contributed by atoms with Gasteiger partial charge in [0.15, 0.2) is 0 Å². The van der Waals surface area contributed by atoms with E-state index in [0.29, 0.717) is 31.1 Å². The van der Waals surface area contributed by atoms with Crippen molar-refractivity contribution in [2.45, 2.75) is 19.4 Å². The van der Waals surface area contributed by atoms with E-state index in [0.717, 1.165) is 11.1 Å². The number of carbonyl (C=O) groups is 1. The second-order valence-electron chi connectivity index (χ2n) is 6.60.